The fourth-order valence-electron chi connectivity index (χ4n) is 5.30. The minimum atomic E-state index is -0.343. The van der Waals surface area contributed by atoms with E-state index in [1.807, 2.05) is 66.1 Å². The van der Waals surface area contributed by atoms with Crippen molar-refractivity contribution in [3.05, 3.63) is 119 Å². The topological polar surface area (TPSA) is 63.4 Å². The molecule has 0 unspecified atom stereocenters. The van der Waals surface area contributed by atoms with Crippen LogP contribution >= 0.6 is 0 Å². The summed E-state index contributed by atoms with van der Waals surface area (Å²) in [6.45, 7) is 2.42. The van der Waals surface area contributed by atoms with Crippen LogP contribution in [0, 0.1) is 24.6 Å². The standard InChI is InChI=1S/C31H20FN5O/c1-19-34-35-28-18-33-30(22-10-2-3-12-25(22)32)24-17-20(14-15-26(24)37(19)28)7-6-16-36-27-13-5-9-21-8-4-11-23(29(21)27)31(36)38/h2-5,8-15,17H,16,18H2,1H3. The fourth-order valence-corrected chi connectivity index (χ4v) is 5.30. The quantitative estimate of drug-likeness (QED) is 0.314. The van der Waals surface area contributed by atoms with Crippen molar-refractivity contribution in [2.24, 2.45) is 4.99 Å². The average Bonchev–Trinajstić information content (AvgIpc) is 3.37. The number of rotatable bonds is 2. The maximum absolute atomic E-state index is 14.9. The van der Waals surface area contributed by atoms with Gasteiger partial charge in [-0.15, -0.1) is 10.2 Å². The number of fused-ring (bicyclic) bond motifs is 3. The Morgan fingerprint density at radius 1 is 0.895 bits per heavy atom. The molecule has 1 aromatic heterocycles. The summed E-state index contributed by atoms with van der Waals surface area (Å²) in [5.41, 5.74) is 4.86. The lowest BCUT2D eigenvalue weighted by Gasteiger charge is -2.14. The molecule has 0 saturated carbocycles. The molecule has 1 amide bonds. The third-order valence-corrected chi connectivity index (χ3v) is 7.01. The molecule has 3 heterocycles. The van der Waals surface area contributed by atoms with E-state index >= 15 is 0 Å². The van der Waals surface area contributed by atoms with Gasteiger partial charge in [0.15, 0.2) is 5.82 Å². The highest BCUT2D eigenvalue weighted by atomic mass is 19.1. The molecule has 7 rings (SSSR count). The number of aliphatic imine (C=N–C) groups is 1. The number of hydrogen-bond donors (Lipinski definition) is 0. The van der Waals surface area contributed by atoms with Crippen LogP contribution in [0.3, 0.4) is 0 Å². The Kier molecular flexibility index (Phi) is 4.95. The summed E-state index contributed by atoms with van der Waals surface area (Å²) in [4.78, 5) is 19.6. The molecule has 0 saturated heterocycles. The summed E-state index contributed by atoms with van der Waals surface area (Å²) >= 11 is 0. The number of hydrogen-bond acceptors (Lipinski definition) is 4. The van der Waals surface area contributed by atoms with Gasteiger partial charge in [-0.1, -0.05) is 48.2 Å². The summed E-state index contributed by atoms with van der Waals surface area (Å²) < 4.78 is 16.8. The van der Waals surface area contributed by atoms with Gasteiger partial charge >= 0.3 is 0 Å². The minimum Gasteiger partial charge on any atom is -0.296 e. The van der Waals surface area contributed by atoms with Gasteiger partial charge in [-0.3, -0.25) is 19.3 Å². The molecule has 0 radical (unpaired) electrons. The summed E-state index contributed by atoms with van der Waals surface area (Å²) in [5, 5.41) is 10.5. The SMILES string of the molecule is Cc1nnc2n1-c1ccc(C#CCN3C(=O)c4cccc5cccc3c45)cc1C(c1ccccc1F)=NC2. The number of halogens is 1. The summed E-state index contributed by atoms with van der Waals surface area (Å²) in [6.07, 6.45) is 0. The molecule has 38 heavy (non-hydrogen) atoms. The van der Waals surface area contributed by atoms with Crippen LogP contribution in [0.2, 0.25) is 0 Å². The van der Waals surface area contributed by atoms with Gasteiger partial charge in [-0.2, -0.15) is 0 Å². The van der Waals surface area contributed by atoms with Crippen molar-refractivity contribution in [3.63, 3.8) is 0 Å². The second-order valence-electron chi connectivity index (χ2n) is 9.25. The lowest BCUT2D eigenvalue weighted by atomic mass is 9.98. The van der Waals surface area contributed by atoms with Crippen LogP contribution in [0.1, 0.15) is 38.7 Å². The van der Waals surface area contributed by atoms with Crippen molar-refractivity contribution in [2.45, 2.75) is 13.5 Å². The zero-order valence-corrected chi connectivity index (χ0v) is 20.4. The van der Waals surface area contributed by atoms with E-state index in [9.17, 15) is 9.18 Å². The molecule has 4 aromatic carbocycles. The molecule has 0 N–H and O–H groups in total. The van der Waals surface area contributed by atoms with E-state index in [0.29, 0.717) is 22.7 Å². The van der Waals surface area contributed by atoms with Crippen molar-refractivity contribution in [3.8, 4) is 17.5 Å². The predicted molar refractivity (Wildman–Crippen MR) is 144 cm³/mol. The average molecular weight is 498 g/mol. The maximum atomic E-state index is 14.9. The molecule has 6 nitrogen and oxygen atoms in total. The molecule has 7 heteroatoms. The van der Waals surface area contributed by atoms with Gasteiger partial charge in [0.25, 0.3) is 5.91 Å². The lowest BCUT2D eigenvalue weighted by molar-refractivity contribution is 0.0996. The van der Waals surface area contributed by atoms with E-state index < -0.39 is 0 Å². The molecule has 0 atom stereocenters. The Balaban J connectivity index is 1.28. The Labute approximate surface area is 218 Å². The molecule has 5 aromatic rings. The third-order valence-electron chi connectivity index (χ3n) is 7.01. The zero-order chi connectivity index (χ0) is 25.8. The van der Waals surface area contributed by atoms with E-state index in [4.69, 9.17) is 4.99 Å². The number of aromatic nitrogens is 3. The molecule has 0 bridgehead atoms. The van der Waals surface area contributed by atoms with Crippen LogP contribution in [0.4, 0.5) is 10.1 Å². The van der Waals surface area contributed by atoms with E-state index in [1.165, 1.54) is 6.07 Å². The Bertz CT molecular complexity index is 1890. The Morgan fingerprint density at radius 3 is 2.58 bits per heavy atom. The fraction of sp³-hybridized carbons (Fsp3) is 0.0968. The normalized spacial score (nSPS) is 13.5. The van der Waals surface area contributed by atoms with Crippen molar-refractivity contribution < 1.29 is 9.18 Å². The number of aryl methyl sites for hydroxylation is 1. The first kappa shape index (κ1) is 22.1. The molecule has 182 valence electrons. The van der Waals surface area contributed by atoms with Crippen LogP contribution in [-0.2, 0) is 6.54 Å². The second-order valence-corrected chi connectivity index (χ2v) is 9.25. The van der Waals surface area contributed by atoms with Gasteiger partial charge in [0.05, 0.1) is 23.6 Å². The largest absolute Gasteiger partial charge is 0.296 e. The van der Waals surface area contributed by atoms with Crippen LogP contribution < -0.4 is 4.90 Å². The first-order valence-corrected chi connectivity index (χ1v) is 12.3. The van der Waals surface area contributed by atoms with Crippen LogP contribution in [-0.4, -0.2) is 32.9 Å². The lowest BCUT2D eigenvalue weighted by Crippen LogP contribution is -2.26. The third kappa shape index (κ3) is 3.35. The number of nitrogens with zero attached hydrogens (tertiary/aromatic N) is 5. The molecule has 0 spiro atoms. The van der Waals surface area contributed by atoms with Gasteiger partial charge in [-0.25, -0.2) is 4.39 Å². The van der Waals surface area contributed by atoms with Crippen LogP contribution in [0.15, 0.2) is 83.9 Å². The van der Waals surface area contributed by atoms with E-state index in [-0.39, 0.29) is 24.8 Å². The molecule has 0 aliphatic carbocycles. The second kappa shape index (κ2) is 8.49. The van der Waals surface area contributed by atoms with Gasteiger partial charge in [0.2, 0.25) is 0 Å². The summed E-state index contributed by atoms with van der Waals surface area (Å²) in [5.74, 6) is 7.41. The summed E-state index contributed by atoms with van der Waals surface area (Å²) in [6, 6.07) is 24.1. The van der Waals surface area contributed by atoms with Crippen molar-refractivity contribution in [2.75, 3.05) is 11.4 Å². The Morgan fingerprint density at radius 2 is 1.71 bits per heavy atom. The highest BCUT2D eigenvalue weighted by Gasteiger charge is 2.29. The Hall–Kier alpha value is -5.09. The predicted octanol–water partition coefficient (Wildman–Crippen LogP) is 5.23. The minimum absolute atomic E-state index is 0.0439. The first-order chi connectivity index (χ1) is 18.6. The van der Waals surface area contributed by atoms with E-state index in [1.54, 1.807) is 23.1 Å². The van der Waals surface area contributed by atoms with Crippen molar-refractivity contribution >= 4 is 28.1 Å². The van der Waals surface area contributed by atoms with E-state index in [0.717, 1.165) is 39.1 Å². The van der Waals surface area contributed by atoms with Gasteiger partial charge in [0, 0.05) is 27.6 Å². The van der Waals surface area contributed by atoms with Crippen LogP contribution in [0.25, 0.3) is 16.5 Å². The molecule has 0 fully saturated rings. The first-order valence-electron chi connectivity index (χ1n) is 12.3. The number of carbonyl (C=O) groups excluding carboxylic acids is 1. The van der Waals surface area contributed by atoms with Gasteiger partial charge in [-0.05, 0) is 54.8 Å². The summed E-state index contributed by atoms with van der Waals surface area (Å²) in [7, 11) is 0. The molecule has 2 aliphatic rings. The maximum Gasteiger partial charge on any atom is 0.259 e. The number of anilines is 1. The highest BCUT2D eigenvalue weighted by Crippen LogP contribution is 2.36. The van der Waals surface area contributed by atoms with Gasteiger partial charge in [0.1, 0.15) is 18.2 Å². The van der Waals surface area contributed by atoms with E-state index in [2.05, 4.69) is 22.0 Å². The van der Waals surface area contributed by atoms with Gasteiger partial charge < -0.3 is 0 Å². The monoisotopic (exact) mass is 497 g/mol. The highest BCUT2D eigenvalue weighted by molar-refractivity contribution is 6.25. The number of benzene rings is 4. The number of amides is 1. The molecular formula is C31H20FN5O. The number of carbonyl (C=O) groups is 1. The molecule has 2 aliphatic heterocycles. The molecular weight excluding hydrogens is 477 g/mol. The van der Waals surface area contributed by atoms with Crippen molar-refractivity contribution in [1.82, 2.24) is 14.8 Å². The van der Waals surface area contributed by atoms with Crippen molar-refractivity contribution in [1.29, 1.82) is 0 Å². The van der Waals surface area contributed by atoms with Crippen LogP contribution in [0.5, 0.6) is 0 Å². The zero-order valence-electron chi connectivity index (χ0n) is 20.4. The smallest absolute Gasteiger partial charge is 0.259 e.